The van der Waals surface area contributed by atoms with E-state index in [1.165, 1.54) is 6.08 Å². The van der Waals surface area contributed by atoms with Crippen LogP contribution in [0.2, 0.25) is 0 Å². The summed E-state index contributed by atoms with van der Waals surface area (Å²) in [6.07, 6.45) is 2.91. The zero-order valence-corrected chi connectivity index (χ0v) is 15.3. The number of nitriles is 1. The summed E-state index contributed by atoms with van der Waals surface area (Å²) in [6, 6.07) is 9.57. The maximum absolute atomic E-state index is 12.0. The van der Waals surface area contributed by atoms with Crippen molar-refractivity contribution in [2.45, 2.75) is 20.5 Å². The van der Waals surface area contributed by atoms with Gasteiger partial charge >= 0.3 is 11.9 Å². The van der Waals surface area contributed by atoms with Gasteiger partial charge in [0.05, 0.1) is 12.2 Å². The molecule has 1 aromatic carbocycles. The monoisotopic (exact) mass is 370 g/mol. The number of carbonyl (C=O) groups excluding carboxylic acids is 2. The summed E-state index contributed by atoms with van der Waals surface area (Å²) in [4.78, 5) is 24.1. The fourth-order valence-corrected chi connectivity index (χ4v) is 3.06. The Labute approximate surface area is 155 Å². The molecule has 0 fully saturated rings. The van der Waals surface area contributed by atoms with Crippen LogP contribution in [0.1, 0.15) is 38.8 Å². The first-order valence-electron chi connectivity index (χ1n) is 7.86. The number of carbonyl (C=O) groups is 2. The Balaban J connectivity index is 2.10. The van der Waals surface area contributed by atoms with Crippen LogP contribution >= 0.6 is 11.3 Å². The number of benzene rings is 1. The average Bonchev–Trinajstić information content (AvgIpc) is 2.95. The van der Waals surface area contributed by atoms with Crippen molar-refractivity contribution in [2.24, 2.45) is 0 Å². The van der Waals surface area contributed by atoms with E-state index in [0.29, 0.717) is 0 Å². The molecule has 134 valence electrons. The smallest absolute Gasteiger partial charge is 0.348 e. The summed E-state index contributed by atoms with van der Waals surface area (Å²) in [6.45, 7) is 3.61. The van der Waals surface area contributed by atoms with Crippen molar-refractivity contribution in [1.29, 1.82) is 5.26 Å². The van der Waals surface area contributed by atoms with E-state index in [-0.39, 0.29) is 34.2 Å². The number of hydrogen-bond donors (Lipinski definition) is 1. The Morgan fingerprint density at radius 2 is 1.96 bits per heavy atom. The second-order valence-electron chi connectivity index (χ2n) is 5.33. The van der Waals surface area contributed by atoms with Crippen LogP contribution in [0.4, 0.5) is 5.00 Å². The summed E-state index contributed by atoms with van der Waals surface area (Å²) < 4.78 is 10.1. The van der Waals surface area contributed by atoms with E-state index in [2.05, 4.69) is 0 Å². The molecule has 0 atom stereocenters. The maximum Gasteiger partial charge on any atom is 0.348 e. The van der Waals surface area contributed by atoms with Crippen molar-refractivity contribution in [2.75, 3.05) is 12.3 Å². The van der Waals surface area contributed by atoms with Gasteiger partial charge in [0.2, 0.25) is 0 Å². The maximum atomic E-state index is 12.0. The number of nitrogens with zero attached hydrogens (tertiary/aromatic N) is 1. The predicted octanol–water partition coefficient (Wildman–Crippen LogP) is 3.44. The van der Waals surface area contributed by atoms with Crippen molar-refractivity contribution in [3.63, 3.8) is 0 Å². The zero-order chi connectivity index (χ0) is 19.1. The molecular formula is C19H18N2O4S. The summed E-state index contributed by atoms with van der Waals surface area (Å²) >= 11 is 0.948. The molecule has 6 nitrogen and oxygen atoms in total. The molecule has 1 aromatic heterocycles. The number of hydrogen-bond acceptors (Lipinski definition) is 7. The fourth-order valence-electron chi connectivity index (χ4n) is 2.14. The highest BCUT2D eigenvalue weighted by Crippen LogP contribution is 2.31. The van der Waals surface area contributed by atoms with Gasteiger partial charge in [-0.1, -0.05) is 29.8 Å². The number of rotatable bonds is 6. The number of esters is 2. The third-order valence-electron chi connectivity index (χ3n) is 3.45. The van der Waals surface area contributed by atoms with Gasteiger partial charge in [-0.2, -0.15) is 5.26 Å². The average molecular weight is 370 g/mol. The highest BCUT2D eigenvalue weighted by molar-refractivity contribution is 7.18. The Hall–Kier alpha value is -3.11. The number of ether oxygens (including phenoxy) is 2. The molecule has 0 radical (unpaired) electrons. The van der Waals surface area contributed by atoms with Gasteiger partial charge in [0, 0.05) is 11.6 Å². The normalized spacial score (nSPS) is 10.5. The molecular weight excluding hydrogens is 352 g/mol. The van der Waals surface area contributed by atoms with E-state index in [4.69, 9.17) is 15.2 Å². The SMILES string of the molecule is CCOC(=O)c1sc(N)c(C#N)c1COC(=O)/C=C/c1ccc(C)cc1. The zero-order valence-electron chi connectivity index (χ0n) is 14.4. The molecule has 0 saturated carbocycles. The van der Waals surface area contributed by atoms with Gasteiger partial charge in [-0.3, -0.25) is 0 Å². The largest absolute Gasteiger partial charge is 0.462 e. The van der Waals surface area contributed by atoms with E-state index in [1.54, 1.807) is 13.0 Å². The van der Waals surface area contributed by atoms with Crippen LogP contribution in [0.5, 0.6) is 0 Å². The van der Waals surface area contributed by atoms with Crippen LogP contribution < -0.4 is 5.73 Å². The molecule has 7 heteroatoms. The predicted molar refractivity (Wildman–Crippen MR) is 99.4 cm³/mol. The second kappa shape index (κ2) is 8.83. The standard InChI is InChI=1S/C19H18N2O4S/c1-3-24-19(23)17-15(14(10-20)18(21)26-17)11-25-16(22)9-8-13-6-4-12(2)5-7-13/h4-9H,3,11,21H2,1-2H3/b9-8+. The lowest BCUT2D eigenvalue weighted by Gasteiger charge is -2.05. The second-order valence-corrected chi connectivity index (χ2v) is 6.39. The molecule has 2 aromatic rings. The molecule has 0 saturated heterocycles. The van der Waals surface area contributed by atoms with Gasteiger partial charge < -0.3 is 15.2 Å². The van der Waals surface area contributed by atoms with E-state index >= 15 is 0 Å². The van der Waals surface area contributed by atoms with Crippen molar-refractivity contribution in [3.8, 4) is 6.07 Å². The minimum atomic E-state index is -0.591. The number of aryl methyl sites for hydroxylation is 1. The van der Waals surface area contributed by atoms with Crippen LogP contribution in [0.3, 0.4) is 0 Å². The molecule has 0 aliphatic heterocycles. The summed E-state index contributed by atoms with van der Waals surface area (Å²) in [5.41, 5.74) is 8.15. The molecule has 0 amide bonds. The minimum absolute atomic E-state index is 0.133. The highest BCUT2D eigenvalue weighted by atomic mass is 32.1. The van der Waals surface area contributed by atoms with E-state index in [1.807, 2.05) is 37.3 Å². The molecule has 2 rings (SSSR count). The van der Waals surface area contributed by atoms with Gasteiger partial charge in [0.25, 0.3) is 0 Å². The lowest BCUT2D eigenvalue weighted by molar-refractivity contribution is -0.138. The van der Waals surface area contributed by atoms with Crippen LogP contribution in [-0.4, -0.2) is 18.5 Å². The van der Waals surface area contributed by atoms with Gasteiger partial charge in [0.1, 0.15) is 22.6 Å². The van der Waals surface area contributed by atoms with Crippen LogP contribution in [0, 0.1) is 18.3 Å². The van der Waals surface area contributed by atoms with Gasteiger partial charge in [-0.15, -0.1) is 11.3 Å². The topological polar surface area (TPSA) is 102 Å². The molecule has 1 heterocycles. The molecule has 0 unspecified atom stereocenters. The molecule has 0 bridgehead atoms. The van der Waals surface area contributed by atoms with Crippen molar-refractivity contribution >= 4 is 34.4 Å². The van der Waals surface area contributed by atoms with E-state index < -0.39 is 11.9 Å². The lowest BCUT2D eigenvalue weighted by Crippen LogP contribution is -2.08. The van der Waals surface area contributed by atoms with Crippen LogP contribution in [-0.2, 0) is 20.9 Å². The van der Waals surface area contributed by atoms with Crippen LogP contribution in [0.25, 0.3) is 6.08 Å². The van der Waals surface area contributed by atoms with Gasteiger partial charge in [0.15, 0.2) is 0 Å². The Kier molecular flexibility index (Phi) is 6.53. The number of nitrogens with two attached hydrogens (primary N) is 1. The Morgan fingerprint density at radius 1 is 1.27 bits per heavy atom. The number of anilines is 1. The van der Waals surface area contributed by atoms with Gasteiger partial charge in [-0.25, -0.2) is 9.59 Å². The molecule has 0 aliphatic carbocycles. The molecule has 2 N–H and O–H groups in total. The fraction of sp³-hybridized carbons (Fsp3) is 0.211. The summed E-state index contributed by atoms with van der Waals surface area (Å²) in [7, 11) is 0. The molecule has 26 heavy (non-hydrogen) atoms. The first-order valence-corrected chi connectivity index (χ1v) is 8.67. The Bertz CT molecular complexity index is 876. The van der Waals surface area contributed by atoms with Gasteiger partial charge in [-0.05, 0) is 25.5 Å². The highest BCUT2D eigenvalue weighted by Gasteiger charge is 2.23. The first kappa shape index (κ1) is 19.2. The van der Waals surface area contributed by atoms with Crippen molar-refractivity contribution < 1.29 is 19.1 Å². The molecule has 0 spiro atoms. The minimum Gasteiger partial charge on any atom is -0.462 e. The molecule has 0 aliphatic rings. The lowest BCUT2D eigenvalue weighted by atomic mass is 10.1. The third-order valence-corrected chi connectivity index (χ3v) is 4.50. The third kappa shape index (κ3) is 4.71. The van der Waals surface area contributed by atoms with E-state index in [9.17, 15) is 14.9 Å². The Morgan fingerprint density at radius 3 is 2.58 bits per heavy atom. The van der Waals surface area contributed by atoms with E-state index in [0.717, 1.165) is 22.5 Å². The summed E-state index contributed by atoms with van der Waals surface area (Å²) in [5, 5.41) is 9.43. The number of nitrogen functional groups attached to an aromatic ring is 1. The van der Waals surface area contributed by atoms with Crippen molar-refractivity contribution in [1.82, 2.24) is 0 Å². The first-order chi connectivity index (χ1) is 12.5. The van der Waals surface area contributed by atoms with Crippen molar-refractivity contribution in [3.05, 3.63) is 57.5 Å². The summed E-state index contributed by atoms with van der Waals surface area (Å²) in [5.74, 6) is -1.18. The quantitative estimate of drug-likeness (QED) is 0.617. The van der Waals surface area contributed by atoms with Crippen LogP contribution in [0.15, 0.2) is 30.3 Å². The number of thiophene rings is 1.